The summed E-state index contributed by atoms with van der Waals surface area (Å²) in [4.78, 5) is 36.7. The summed E-state index contributed by atoms with van der Waals surface area (Å²) in [6.45, 7) is 5.45. The standard InChI is InChI=1S/C19H26N2O4S/c1-12-8-9-16(13(2)10-12)26-11-17(22)25-14(3)18(23)21-19(24)20-15-6-4-5-7-15/h8-10,14-15H,4-7,11H2,1-3H3,(H2,20,21,23,24)/t14-/m0/s1. The van der Waals surface area contributed by atoms with Gasteiger partial charge >= 0.3 is 12.0 Å². The number of ether oxygens (including phenoxy) is 1. The van der Waals surface area contributed by atoms with Crippen molar-refractivity contribution in [1.82, 2.24) is 10.6 Å². The Morgan fingerprint density at radius 1 is 1.23 bits per heavy atom. The van der Waals surface area contributed by atoms with Gasteiger partial charge in [-0.05, 0) is 45.2 Å². The molecule has 0 bridgehead atoms. The number of thioether (sulfide) groups is 1. The maximum Gasteiger partial charge on any atom is 0.321 e. The van der Waals surface area contributed by atoms with Gasteiger partial charge in [0.1, 0.15) is 0 Å². The van der Waals surface area contributed by atoms with Crippen LogP contribution in [-0.2, 0) is 14.3 Å². The number of carbonyl (C=O) groups excluding carboxylic acids is 3. The van der Waals surface area contributed by atoms with Gasteiger partial charge in [0.2, 0.25) is 0 Å². The molecular weight excluding hydrogens is 352 g/mol. The van der Waals surface area contributed by atoms with Crippen LogP contribution in [0.15, 0.2) is 23.1 Å². The van der Waals surface area contributed by atoms with E-state index in [1.54, 1.807) is 0 Å². The van der Waals surface area contributed by atoms with E-state index in [2.05, 4.69) is 10.6 Å². The molecule has 1 atom stereocenters. The second-order valence-electron chi connectivity index (χ2n) is 6.63. The van der Waals surface area contributed by atoms with E-state index in [4.69, 9.17) is 4.74 Å². The van der Waals surface area contributed by atoms with Crippen molar-refractivity contribution in [2.75, 3.05) is 5.75 Å². The molecule has 2 N–H and O–H groups in total. The number of carbonyl (C=O) groups is 3. The first-order valence-electron chi connectivity index (χ1n) is 8.86. The summed E-state index contributed by atoms with van der Waals surface area (Å²) in [5.41, 5.74) is 2.26. The zero-order chi connectivity index (χ0) is 19.1. The Hall–Kier alpha value is -2.02. The van der Waals surface area contributed by atoms with Crippen molar-refractivity contribution in [3.8, 4) is 0 Å². The van der Waals surface area contributed by atoms with Gasteiger partial charge in [-0.1, -0.05) is 30.5 Å². The van der Waals surface area contributed by atoms with Gasteiger partial charge in [-0.15, -0.1) is 11.8 Å². The van der Waals surface area contributed by atoms with Crippen LogP contribution in [0.5, 0.6) is 0 Å². The molecule has 0 spiro atoms. The first-order valence-corrected chi connectivity index (χ1v) is 9.84. The van der Waals surface area contributed by atoms with Gasteiger partial charge in [0.15, 0.2) is 6.10 Å². The summed E-state index contributed by atoms with van der Waals surface area (Å²) in [5.74, 6) is -1.00. The third-order valence-corrected chi connectivity index (χ3v) is 5.43. The molecule has 0 saturated heterocycles. The highest BCUT2D eigenvalue weighted by atomic mass is 32.2. The van der Waals surface area contributed by atoms with E-state index in [-0.39, 0.29) is 11.8 Å². The van der Waals surface area contributed by atoms with Crippen molar-refractivity contribution in [2.45, 2.75) is 63.5 Å². The summed E-state index contributed by atoms with van der Waals surface area (Å²) < 4.78 is 5.12. The summed E-state index contributed by atoms with van der Waals surface area (Å²) in [6, 6.07) is 5.59. The first kappa shape index (κ1) is 20.3. The lowest BCUT2D eigenvalue weighted by molar-refractivity contribution is -0.151. The molecule has 1 aromatic rings. The molecule has 0 aliphatic heterocycles. The van der Waals surface area contributed by atoms with E-state index >= 15 is 0 Å². The van der Waals surface area contributed by atoms with Crippen molar-refractivity contribution in [3.05, 3.63) is 29.3 Å². The maximum atomic E-state index is 12.0. The van der Waals surface area contributed by atoms with Gasteiger partial charge in [-0.3, -0.25) is 14.9 Å². The molecule has 142 valence electrons. The molecule has 1 aromatic carbocycles. The van der Waals surface area contributed by atoms with E-state index in [0.29, 0.717) is 0 Å². The Balaban J connectivity index is 1.73. The highest BCUT2D eigenvalue weighted by molar-refractivity contribution is 8.00. The number of imide groups is 1. The lowest BCUT2D eigenvalue weighted by atomic mass is 10.2. The van der Waals surface area contributed by atoms with Crippen LogP contribution in [-0.4, -0.2) is 35.8 Å². The topological polar surface area (TPSA) is 84.5 Å². The number of aryl methyl sites for hydroxylation is 2. The molecule has 0 aromatic heterocycles. The predicted octanol–water partition coefficient (Wildman–Crippen LogP) is 3.10. The average molecular weight is 378 g/mol. The van der Waals surface area contributed by atoms with E-state index in [1.165, 1.54) is 18.7 Å². The fraction of sp³-hybridized carbons (Fsp3) is 0.526. The number of amides is 3. The summed E-state index contributed by atoms with van der Waals surface area (Å²) in [6.07, 6.45) is 3.02. The Kier molecular flexibility index (Phi) is 7.50. The molecule has 0 unspecified atom stereocenters. The van der Waals surface area contributed by atoms with Gasteiger partial charge in [0, 0.05) is 10.9 Å². The van der Waals surface area contributed by atoms with E-state index < -0.39 is 24.0 Å². The monoisotopic (exact) mass is 378 g/mol. The number of urea groups is 1. The van der Waals surface area contributed by atoms with Crippen molar-refractivity contribution in [2.24, 2.45) is 0 Å². The van der Waals surface area contributed by atoms with Crippen LogP contribution in [0.1, 0.15) is 43.7 Å². The molecule has 1 aliphatic rings. The number of esters is 1. The van der Waals surface area contributed by atoms with Gasteiger partial charge in [-0.25, -0.2) is 4.79 Å². The number of benzene rings is 1. The second-order valence-corrected chi connectivity index (χ2v) is 7.65. The van der Waals surface area contributed by atoms with Crippen LogP contribution in [0, 0.1) is 13.8 Å². The Bertz CT molecular complexity index is 672. The molecule has 0 heterocycles. The SMILES string of the molecule is Cc1ccc(SCC(=O)O[C@@H](C)C(=O)NC(=O)NC2CCCC2)c(C)c1. The molecule has 7 heteroatoms. The Labute approximate surface area is 158 Å². The summed E-state index contributed by atoms with van der Waals surface area (Å²) >= 11 is 1.37. The predicted molar refractivity (Wildman–Crippen MR) is 101 cm³/mol. The third-order valence-electron chi connectivity index (χ3n) is 4.28. The van der Waals surface area contributed by atoms with Crippen molar-refractivity contribution >= 4 is 29.7 Å². The molecular formula is C19H26N2O4S. The normalized spacial score (nSPS) is 15.3. The quantitative estimate of drug-likeness (QED) is 0.587. The fourth-order valence-electron chi connectivity index (χ4n) is 2.89. The number of hydrogen-bond donors (Lipinski definition) is 2. The van der Waals surface area contributed by atoms with Crippen molar-refractivity contribution in [3.63, 3.8) is 0 Å². The van der Waals surface area contributed by atoms with Gasteiger partial charge in [0.05, 0.1) is 5.75 Å². The molecule has 1 saturated carbocycles. The zero-order valence-electron chi connectivity index (χ0n) is 15.5. The molecule has 1 fully saturated rings. The van der Waals surface area contributed by atoms with Crippen molar-refractivity contribution in [1.29, 1.82) is 0 Å². The van der Waals surface area contributed by atoms with E-state index in [9.17, 15) is 14.4 Å². The minimum absolute atomic E-state index is 0.107. The van der Waals surface area contributed by atoms with Crippen LogP contribution in [0.25, 0.3) is 0 Å². The molecule has 2 rings (SSSR count). The number of rotatable bonds is 6. The van der Waals surface area contributed by atoms with E-state index in [1.807, 2.05) is 32.0 Å². The summed E-state index contributed by atoms with van der Waals surface area (Å²) in [7, 11) is 0. The Morgan fingerprint density at radius 3 is 2.58 bits per heavy atom. The maximum absolute atomic E-state index is 12.0. The largest absolute Gasteiger partial charge is 0.452 e. The third kappa shape index (κ3) is 6.37. The lowest BCUT2D eigenvalue weighted by Gasteiger charge is -2.15. The van der Waals surface area contributed by atoms with E-state index in [0.717, 1.165) is 41.7 Å². The van der Waals surface area contributed by atoms with Gasteiger partial charge in [0.25, 0.3) is 5.91 Å². The number of nitrogens with one attached hydrogen (secondary N) is 2. The molecule has 0 radical (unpaired) electrons. The van der Waals surface area contributed by atoms with Crippen LogP contribution in [0.2, 0.25) is 0 Å². The fourth-order valence-corrected chi connectivity index (χ4v) is 3.68. The number of hydrogen-bond acceptors (Lipinski definition) is 5. The highest BCUT2D eigenvalue weighted by Crippen LogP contribution is 2.23. The van der Waals surface area contributed by atoms with Crippen molar-refractivity contribution < 1.29 is 19.1 Å². The highest BCUT2D eigenvalue weighted by Gasteiger charge is 2.22. The van der Waals surface area contributed by atoms with Crippen LogP contribution in [0.3, 0.4) is 0 Å². The van der Waals surface area contributed by atoms with Crippen LogP contribution in [0.4, 0.5) is 4.79 Å². The molecule has 26 heavy (non-hydrogen) atoms. The zero-order valence-corrected chi connectivity index (χ0v) is 16.3. The lowest BCUT2D eigenvalue weighted by Crippen LogP contribution is -2.47. The first-order chi connectivity index (χ1) is 12.3. The Morgan fingerprint density at radius 2 is 1.92 bits per heavy atom. The van der Waals surface area contributed by atoms with Gasteiger partial charge < -0.3 is 10.1 Å². The van der Waals surface area contributed by atoms with Crippen LogP contribution < -0.4 is 10.6 Å². The molecule has 1 aliphatic carbocycles. The average Bonchev–Trinajstić information content (AvgIpc) is 3.06. The second kappa shape index (κ2) is 9.62. The minimum Gasteiger partial charge on any atom is -0.452 e. The van der Waals surface area contributed by atoms with Crippen LogP contribution >= 0.6 is 11.8 Å². The smallest absolute Gasteiger partial charge is 0.321 e. The summed E-state index contributed by atoms with van der Waals surface area (Å²) in [5, 5.41) is 4.99. The minimum atomic E-state index is -1.02. The molecule has 6 nitrogen and oxygen atoms in total. The van der Waals surface area contributed by atoms with Gasteiger partial charge in [-0.2, -0.15) is 0 Å². The molecule has 3 amide bonds.